The molecule has 0 spiro atoms. The van der Waals surface area contributed by atoms with Crippen molar-refractivity contribution in [2.45, 2.75) is 0 Å². The van der Waals surface area contributed by atoms with E-state index in [1.165, 1.54) is 0 Å². The van der Waals surface area contributed by atoms with Crippen molar-refractivity contribution in [3.05, 3.63) is 46.6 Å². The molecule has 0 radical (unpaired) electrons. The van der Waals surface area contributed by atoms with Gasteiger partial charge in [-0.3, -0.25) is 4.79 Å². The van der Waals surface area contributed by atoms with Crippen LogP contribution in [0.2, 0.25) is 0 Å². The maximum atomic E-state index is 13.0. The molecule has 26 heavy (non-hydrogen) atoms. The van der Waals surface area contributed by atoms with E-state index in [0.29, 0.717) is 29.7 Å². The average molecular weight is 355 g/mol. The first kappa shape index (κ1) is 18.2. The molecule has 6 heteroatoms. The van der Waals surface area contributed by atoms with Gasteiger partial charge in [-0.2, -0.15) is 0 Å². The van der Waals surface area contributed by atoms with Crippen LogP contribution >= 0.6 is 0 Å². The summed E-state index contributed by atoms with van der Waals surface area (Å²) in [4.78, 5) is 13.0. The SMILES string of the molecule is CNCCOc1ccc2c(c1)c(=O)c1ccc(OCCNC)cc1n2C. The van der Waals surface area contributed by atoms with Gasteiger partial charge in [-0.05, 0) is 44.4 Å². The summed E-state index contributed by atoms with van der Waals surface area (Å²) in [5.74, 6) is 1.46. The van der Waals surface area contributed by atoms with Crippen molar-refractivity contribution in [3.63, 3.8) is 0 Å². The summed E-state index contributed by atoms with van der Waals surface area (Å²) in [5.41, 5.74) is 1.73. The summed E-state index contributed by atoms with van der Waals surface area (Å²) < 4.78 is 13.5. The summed E-state index contributed by atoms with van der Waals surface area (Å²) in [7, 11) is 5.72. The minimum absolute atomic E-state index is 0.00828. The Labute approximate surface area is 152 Å². The number of hydrogen-bond acceptors (Lipinski definition) is 5. The van der Waals surface area contributed by atoms with Crippen molar-refractivity contribution in [1.29, 1.82) is 0 Å². The van der Waals surface area contributed by atoms with Gasteiger partial charge in [-0.1, -0.05) is 0 Å². The number of hydrogen-bond donors (Lipinski definition) is 2. The molecule has 1 heterocycles. The molecule has 0 fully saturated rings. The van der Waals surface area contributed by atoms with E-state index in [2.05, 4.69) is 10.6 Å². The molecule has 3 aromatic rings. The van der Waals surface area contributed by atoms with Crippen molar-refractivity contribution >= 4 is 21.8 Å². The highest BCUT2D eigenvalue weighted by Gasteiger charge is 2.11. The van der Waals surface area contributed by atoms with E-state index >= 15 is 0 Å². The number of likely N-dealkylation sites (N-methyl/N-ethyl adjacent to an activating group) is 2. The highest BCUT2D eigenvalue weighted by molar-refractivity contribution is 5.94. The Balaban J connectivity index is 2.03. The fourth-order valence-electron chi connectivity index (χ4n) is 2.97. The van der Waals surface area contributed by atoms with Crippen molar-refractivity contribution in [2.75, 3.05) is 40.4 Å². The zero-order valence-electron chi connectivity index (χ0n) is 15.5. The Morgan fingerprint density at radius 1 is 0.846 bits per heavy atom. The van der Waals surface area contributed by atoms with Crippen LogP contribution in [0.15, 0.2) is 41.2 Å². The molecule has 0 saturated heterocycles. The third-order valence-electron chi connectivity index (χ3n) is 4.39. The fraction of sp³-hybridized carbons (Fsp3) is 0.350. The number of aryl methyl sites for hydroxylation is 1. The molecular formula is C20H25N3O3. The number of aromatic nitrogens is 1. The van der Waals surface area contributed by atoms with Gasteiger partial charge in [0.1, 0.15) is 24.7 Å². The number of nitrogens with zero attached hydrogens (tertiary/aromatic N) is 1. The van der Waals surface area contributed by atoms with Gasteiger partial charge in [0.25, 0.3) is 0 Å². The molecule has 1 aromatic heterocycles. The van der Waals surface area contributed by atoms with E-state index in [-0.39, 0.29) is 5.43 Å². The van der Waals surface area contributed by atoms with Crippen molar-refractivity contribution < 1.29 is 9.47 Å². The number of fused-ring (bicyclic) bond motifs is 2. The predicted octanol–water partition coefficient (Wildman–Crippen LogP) is 1.89. The topological polar surface area (TPSA) is 64.5 Å². The number of benzene rings is 2. The third-order valence-corrected chi connectivity index (χ3v) is 4.39. The Hall–Kier alpha value is -2.57. The first-order valence-corrected chi connectivity index (χ1v) is 8.77. The second kappa shape index (κ2) is 8.21. The van der Waals surface area contributed by atoms with Gasteiger partial charge >= 0.3 is 0 Å². The highest BCUT2D eigenvalue weighted by atomic mass is 16.5. The quantitative estimate of drug-likeness (QED) is 0.477. The minimum Gasteiger partial charge on any atom is -0.492 e. The van der Waals surface area contributed by atoms with Gasteiger partial charge in [-0.15, -0.1) is 0 Å². The van der Waals surface area contributed by atoms with Gasteiger partial charge in [-0.25, -0.2) is 0 Å². The summed E-state index contributed by atoms with van der Waals surface area (Å²) in [6.07, 6.45) is 0. The summed E-state index contributed by atoms with van der Waals surface area (Å²) in [6, 6.07) is 11.3. The van der Waals surface area contributed by atoms with E-state index in [1.54, 1.807) is 0 Å². The Bertz CT molecular complexity index is 966. The summed E-state index contributed by atoms with van der Waals surface area (Å²) in [6.45, 7) is 2.66. The largest absolute Gasteiger partial charge is 0.492 e. The Kier molecular flexibility index (Phi) is 5.75. The maximum absolute atomic E-state index is 13.0. The molecule has 0 unspecified atom stereocenters. The van der Waals surface area contributed by atoms with Crippen LogP contribution in [-0.2, 0) is 7.05 Å². The average Bonchev–Trinajstić information content (AvgIpc) is 2.66. The van der Waals surface area contributed by atoms with E-state index < -0.39 is 0 Å². The second-order valence-corrected chi connectivity index (χ2v) is 6.15. The molecule has 0 bridgehead atoms. The fourth-order valence-corrected chi connectivity index (χ4v) is 2.97. The third kappa shape index (κ3) is 3.66. The number of nitrogens with one attached hydrogen (secondary N) is 2. The van der Waals surface area contributed by atoms with Gasteiger partial charge < -0.3 is 24.7 Å². The molecular weight excluding hydrogens is 330 g/mol. The zero-order chi connectivity index (χ0) is 18.5. The van der Waals surface area contributed by atoms with Crippen LogP contribution < -0.4 is 25.5 Å². The molecule has 0 aliphatic heterocycles. The molecule has 138 valence electrons. The van der Waals surface area contributed by atoms with E-state index in [1.807, 2.05) is 62.1 Å². The minimum atomic E-state index is 0.00828. The monoisotopic (exact) mass is 355 g/mol. The number of pyridine rings is 1. The zero-order valence-corrected chi connectivity index (χ0v) is 15.5. The van der Waals surface area contributed by atoms with Gasteiger partial charge in [0.2, 0.25) is 0 Å². The maximum Gasteiger partial charge on any atom is 0.197 e. The molecule has 6 nitrogen and oxygen atoms in total. The van der Waals surface area contributed by atoms with Gasteiger partial charge in [0.05, 0.1) is 11.0 Å². The Morgan fingerprint density at radius 2 is 1.46 bits per heavy atom. The molecule has 2 N–H and O–H groups in total. The standard InChI is InChI=1S/C20H25N3O3/c1-21-8-10-25-14-5-7-18-17(12-14)20(24)16-6-4-15(26-11-9-22-2)13-19(16)23(18)3/h4-7,12-13,21-22H,8-11H2,1-3H3. The summed E-state index contributed by atoms with van der Waals surface area (Å²) >= 11 is 0. The van der Waals surface area contributed by atoms with Gasteiger partial charge in [0.15, 0.2) is 5.43 Å². The van der Waals surface area contributed by atoms with E-state index in [4.69, 9.17) is 9.47 Å². The molecule has 0 atom stereocenters. The molecule has 0 aliphatic carbocycles. The van der Waals surface area contributed by atoms with Crippen LogP contribution in [0.25, 0.3) is 21.8 Å². The number of rotatable bonds is 8. The molecule has 2 aromatic carbocycles. The second-order valence-electron chi connectivity index (χ2n) is 6.15. The highest BCUT2D eigenvalue weighted by Crippen LogP contribution is 2.25. The van der Waals surface area contributed by atoms with Crippen molar-refractivity contribution in [2.24, 2.45) is 7.05 Å². The van der Waals surface area contributed by atoms with Gasteiger partial charge in [0, 0.05) is 37.0 Å². The molecule has 0 aliphatic rings. The van der Waals surface area contributed by atoms with Crippen LogP contribution in [0.1, 0.15) is 0 Å². The smallest absolute Gasteiger partial charge is 0.197 e. The predicted molar refractivity (Wildman–Crippen MR) is 106 cm³/mol. The van der Waals surface area contributed by atoms with Crippen molar-refractivity contribution in [3.8, 4) is 11.5 Å². The van der Waals surface area contributed by atoms with Crippen LogP contribution in [0.5, 0.6) is 11.5 Å². The van der Waals surface area contributed by atoms with Crippen molar-refractivity contribution in [1.82, 2.24) is 15.2 Å². The first-order valence-electron chi connectivity index (χ1n) is 8.77. The number of ether oxygens (including phenoxy) is 2. The van der Waals surface area contributed by atoms with Crippen LogP contribution in [0, 0.1) is 0 Å². The molecule has 0 amide bonds. The summed E-state index contributed by atoms with van der Waals surface area (Å²) in [5, 5.41) is 7.42. The lowest BCUT2D eigenvalue weighted by molar-refractivity contribution is 0.318. The normalized spacial score (nSPS) is 11.2. The first-order chi connectivity index (χ1) is 12.7. The van der Waals surface area contributed by atoms with E-state index in [0.717, 1.165) is 29.9 Å². The molecule has 3 rings (SSSR count). The molecule has 0 saturated carbocycles. The van der Waals surface area contributed by atoms with Crippen LogP contribution in [0.3, 0.4) is 0 Å². The lowest BCUT2D eigenvalue weighted by Crippen LogP contribution is -2.16. The van der Waals surface area contributed by atoms with E-state index in [9.17, 15) is 4.79 Å². The Morgan fingerprint density at radius 3 is 2.12 bits per heavy atom. The van der Waals surface area contributed by atoms with Crippen LogP contribution in [-0.4, -0.2) is 45.0 Å². The van der Waals surface area contributed by atoms with Crippen LogP contribution in [0.4, 0.5) is 0 Å². The lowest BCUT2D eigenvalue weighted by atomic mass is 10.1. The lowest BCUT2D eigenvalue weighted by Gasteiger charge is -2.13.